The molecule has 2 aliphatic rings. The van der Waals surface area contributed by atoms with Crippen LogP contribution in [-0.2, 0) is 9.53 Å². The van der Waals surface area contributed by atoms with E-state index in [0.717, 1.165) is 13.1 Å². The standard InChI is InChI=1S/C27H35FN4O3/c1-20(27(22-6-4-3-5-7-22)32-14-16-35-17-15-32)29-26(34)19-30-10-12-31(13-11-30)25-9-8-23(21(2)33)18-24(25)28/h3-9,18,20,27H,10-17,19H2,1-2H3,(H,29,34)/t20-,27+/m1/s1. The number of carbonyl (C=O) groups is 2. The van der Waals surface area contributed by atoms with Gasteiger partial charge in [-0.05, 0) is 37.6 Å². The predicted molar refractivity (Wildman–Crippen MR) is 134 cm³/mol. The van der Waals surface area contributed by atoms with Gasteiger partial charge in [0.1, 0.15) is 5.82 Å². The molecule has 1 N–H and O–H groups in total. The van der Waals surface area contributed by atoms with E-state index >= 15 is 0 Å². The Morgan fingerprint density at radius 2 is 1.69 bits per heavy atom. The number of benzene rings is 2. The van der Waals surface area contributed by atoms with Gasteiger partial charge in [-0.1, -0.05) is 30.3 Å². The Morgan fingerprint density at radius 3 is 2.31 bits per heavy atom. The lowest BCUT2D eigenvalue weighted by molar-refractivity contribution is -0.123. The molecule has 2 aliphatic heterocycles. The molecule has 0 aliphatic carbocycles. The van der Waals surface area contributed by atoms with Gasteiger partial charge in [0.15, 0.2) is 5.78 Å². The number of ketones is 1. The van der Waals surface area contributed by atoms with Crippen LogP contribution < -0.4 is 10.2 Å². The van der Waals surface area contributed by atoms with Gasteiger partial charge in [0, 0.05) is 50.9 Å². The highest BCUT2D eigenvalue weighted by molar-refractivity contribution is 5.94. The van der Waals surface area contributed by atoms with Crippen LogP contribution in [0.3, 0.4) is 0 Å². The van der Waals surface area contributed by atoms with Crippen molar-refractivity contribution in [3.05, 3.63) is 65.5 Å². The number of ether oxygens (including phenoxy) is 1. The lowest BCUT2D eigenvalue weighted by Gasteiger charge is -2.39. The first-order valence-electron chi connectivity index (χ1n) is 12.4. The Labute approximate surface area is 206 Å². The van der Waals surface area contributed by atoms with Crippen molar-refractivity contribution < 1.29 is 18.7 Å². The van der Waals surface area contributed by atoms with E-state index in [1.165, 1.54) is 18.6 Å². The molecule has 2 aromatic rings. The maximum absolute atomic E-state index is 14.5. The van der Waals surface area contributed by atoms with Crippen LogP contribution in [0.25, 0.3) is 0 Å². The molecule has 1 amide bonds. The third-order valence-corrected chi connectivity index (χ3v) is 6.88. The van der Waals surface area contributed by atoms with E-state index < -0.39 is 0 Å². The molecule has 2 atom stereocenters. The van der Waals surface area contributed by atoms with Crippen molar-refractivity contribution in [3.63, 3.8) is 0 Å². The summed E-state index contributed by atoms with van der Waals surface area (Å²) in [5, 5.41) is 3.22. The van der Waals surface area contributed by atoms with Crippen LogP contribution in [0.2, 0.25) is 0 Å². The number of amides is 1. The number of hydrogen-bond donors (Lipinski definition) is 1. The summed E-state index contributed by atoms with van der Waals surface area (Å²) in [6, 6.07) is 15.0. The second-order valence-electron chi connectivity index (χ2n) is 9.35. The maximum Gasteiger partial charge on any atom is 0.234 e. The van der Waals surface area contributed by atoms with Crippen LogP contribution >= 0.6 is 0 Å². The number of Topliss-reactive ketones (excluding diaryl/α,β-unsaturated/α-hetero) is 1. The zero-order chi connectivity index (χ0) is 24.8. The first-order chi connectivity index (χ1) is 16.9. The lowest BCUT2D eigenvalue weighted by Crippen LogP contribution is -2.52. The number of halogens is 1. The Kier molecular flexibility index (Phi) is 8.49. The number of hydrogen-bond acceptors (Lipinski definition) is 6. The van der Waals surface area contributed by atoms with Gasteiger partial charge in [-0.2, -0.15) is 0 Å². The van der Waals surface area contributed by atoms with Gasteiger partial charge in [-0.15, -0.1) is 0 Å². The number of anilines is 1. The van der Waals surface area contributed by atoms with Crippen LogP contribution in [0, 0.1) is 5.82 Å². The third kappa shape index (κ3) is 6.45. The molecular formula is C27H35FN4O3. The van der Waals surface area contributed by atoms with Crippen molar-refractivity contribution in [3.8, 4) is 0 Å². The molecule has 0 spiro atoms. The summed E-state index contributed by atoms with van der Waals surface area (Å²) in [5.41, 5.74) is 2.07. The van der Waals surface area contributed by atoms with Crippen LogP contribution in [0.1, 0.15) is 35.8 Å². The highest BCUT2D eigenvalue weighted by Gasteiger charge is 2.29. The largest absolute Gasteiger partial charge is 0.379 e. The van der Waals surface area contributed by atoms with E-state index in [4.69, 9.17) is 4.74 Å². The molecule has 2 fully saturated rings. The van der Waals surface area contributed by atoms with Gasteiger partial charge < -0.3 is 15.0 Å². The molecule has 35 heavy (non-hydrogen) atoms. The zero-order valence-corrected chi connectivity index (χ0v) is 20.6. The van der Waals surface area contributed by atoms with Gasteiger partial charge in [0.2, 0.25) is 5.91 Å². The number of rotatable bonds is 8. The van der Waals surface area contributed by atoms with Crippen molar-refractivity contribution >= 4 is 17.4 Å². The number of nitrogens with one attached hydrogen (secondary N) is 1. The van der Waals surface area contributed by atoms with E-state index in [0.29, 0.717) is 57.2 Å². The first kappa shape index (κ1) is 25.3. The van der Waals surface area contributed by atoms with Gasteiger partial charge in [-0.25, -0.2) is 4.39 Å². The Balaban J connectivity index is 1.31. The fourth-order valence-electron chi connectivity index (χ4n) is 5.03. The van der Waals surface area contributed by atoms with E-state index in [-0.39, 0.29) is 29.6 Å². The molecule has 4 rings (SSSR count). The summed E-state index contributed by atoms with van der Waals surface area (Å²) in [5.74, 6) is -0.534. The van der Waals surface area contributed by atoms with Crippen molar-refractivity contribution in [2.24, 2.45) is 0 Å². The average molecular weight is 483 g/mol. The number of morpholine rings is 1. The second-order valence-corrected chi connectivity index (χ2v) is 9.35. The fourth-order valence-corrected chi connectivity index (χ4v) is 5.03. The Bertz CT molecular complexity index is 1000. The summed E-state index contributed by atoms with van der Waals surface area (Å²) in [4.78, 5) is 30.9. The highest BCUT2D eigenvalue weighted by Crippen LogP contribution is 2.26. The molecule has 2 heterocycles. The molecule has 0 saturated carbocycles. The first-order valence-corrected chi connectivity index (χ1v) is 12.4. The molecular weight excluding hydrogens is 447 g/mol. The van der Waals surface area contributed by atoms with E-state index in [2.05, 4.69) is 34.2 Å². The zero-order valence-electron chi connectivity index (χ0n) is 20.6. The second kappa shape index (κ2) is 11.7. The van der Waals surface area contributed by atoms with Gasteiger partial charge in [0.05, 0.1) is 31.5 Å². The summed E-state index contributed by atoms with van der Waals surface area (Å²) < 4.78 is 20.1. The van der Waals surface area contributed by atoms with Crippen LogP contribution in [0.15, 0.2) is 48.5 Å². The summed E-state index contributed by atoms with van der Waals surface area (Å²) in [7, 11) is 0. The van der Waals surface area contributed by atoms with Crippen molar-refractivity contribution in [1.82, 2.24) is 15.1 Å². The number of piperazine rings is 1. The third-order valence-electron chi connectivity index (χ3n) is 6.88. The minimum absolute atomic E-state index is 0.00266. The molecule has 8 heteroatoms. The summed E-state index contributed by atoms with van der Waals surface area (Å²) in [6.45, 7) is 9.48. The van der Waals surface area contributed by atoms with E-state index in [1.807, 2.05) is 23.1 Å². The summed E-state index contributed by atoms with van der Waals surface area (Å²) in [6.07, 6.45) is 0. The normalized spacial score (nSPS) is 19.2. The maximum atomic E-state index is 14.5. The Morgan fingerprint density at radius 1 is 1.00 bits per heavy atom. The monoisotopic (exact) mass is 482 g/mol. The highest BCUT2D eigenvalue weighted by atomic mass is 19.1. The molecule has 188 valence electrons. The van der Waals surface area contributed by atoms with Crippen molar-refractivity contribution in [2.75, 3.05) is 63.9 Å². The van der Waals surface area contributed by atoms with E-state index in [9.17, 15) is 14.0 Å². The fraction of sp³-hybridized carbons (Fsp3) is 0.481. The smallest absolute Gasteiger partial charge is 0.234 e. The number of nitrogens with zero attached hydrogens (tertiary/aromatic N) is 3. The quantitative estimate of drug-likeness (QED) is 0.584. The summed E-state index contributed by atoms with van der Waals surface area (Å²) >= 11 is 0. The predicted octanol–water partition coefficient (Wildman–Crippen LogP) is 2.73. The average Bonchev–Trinajstić information content (AvgIpc) is 2.86. The SMILES string of the molecule is CC(=O)c1ccc(N2CCN(CC(=O)N[C@H](C)[C@@H](c3ccccc3)N3CCOCC3)CC2)c(F)c1. The van der Waals surface area contributed by atoms with Crippen LogP contribution in [0.4, 0.5) is 10.1 Å². The molecule has 0 aromatic heterocycles. The lowest BCUT2D eigenvalue weighted by atomic mass is 9.98. The van der Waals surface area contributed by atoms with Crippen molar-refractivity contribution in [2.45, 2.75) is 25.9 Å². The van der Waals surface area contributed by atoms with Gasteiger partial charge in [0.25, 0.3) is 0 Å². The van der Waals surface area contributed by atoms with E-state index in [1.54, 1.807) is 12.1 Å². The minimum Gasteiger partial charge on any atom is -0.379 e. The molecule has 0 radical (unpaired) electrons. The van der Waals surface area contributed by atoms with Crippen LogP contribution in [-0.4, -0.2) is 86.6 Å². The molecule has 0 bridgehead atoms. The van der Waals surface area contributed by atoms with Gasteiger partial charge in [-0.3, -0.25) is 19.4 Å². The van der Waals surface area contributed by atoms with Gasteiger partial charge >= 0.3 is 0 Å². The molecule has 7 nitrogen and oxygen atoms in total. The van der Waals surface area contributed by atoms with Crippen molar-refractivity contribution in [1.29, 1.82) is 0 Å². The molecule has 2 saturated heterocycles. The minimum atomic E-state index is -0.382. The number of carbonyl (C=O) groups excluding carboxylic acids is 2. The molecule has 0 unspecified atom stereocenters. The Hall–Kier alpha value is -2.81. The molecule has 2 aromatic carbocycles. The topological polar surface area (TPSA) is 65.1 Å². The van der Waals surface area contributed by atoms with Crippen LogP contribution in [0.5, 0.6) is 0 Å².